The number of alkyl halides is 3. The van der Waals surface area contributed by atoms with Crippen LogP contribution in [0, 0.1) is 6.92 Å². The molecule has 3 aromatic carbocycles. The quantitative estimate of drug-likeness (QED) is 0.226. The number of halogens is 3. The number of aromatic nitrogens is 4. The van der Waals surface area contributed by atoms with Crippen molar-refractivity contribution in [3.05, 3.63) is 101 Å². The van der Waals surface area contributed by atoms with Crippen LogP contribution in [0.2, 0.25) is 0 Å². The summed E-state index contributed by atoms with van der Waals surface area (Å²) in [6.07, 6.45) is -3.60. The van der Waals surface area contributed by atoms with Gasteiger partial charge in [-0.2, -0.15) is 18.3 Å². The summed E-state index contributed by atoms with van der Waals surface area (Å²) in [7, 11) is 0. The molecule has 206 valence electrons. The molecule has 3 aromatic heterocycles. The molecule has 0 radical (unpaired) electrons. The van der Waals surface area contributed by atoms with Crippen molar-refractivity contribution in [2.75, 3.05) is 5.32 Å². The normalized spacial score (nSPS) is 12.0. The highest BCUT2D eigenvalue weighted by atomic mass is 32.1. The molecule has 1 amide bonds. The molecular formula is C31H24F3N5OS. The van der Waals surface area contributed by atoms with Crippen LogP contribution in [0.3, 0.4) is 0 Å². The summed E-state index contributed by atoms with van der Waals surface area (Å²) in [6, 6.07) is 21.4. The molecule has 0 saturated carbocycles. The third-order valence-electron chi connectivity index (χ3n) is 6.81. The number of thiazole rings is 1. The molecule has 6 rings (SSSR count). The Morgan fingerprint density at radius 1 is 0.927 bits per heavy atom. The Balaban J connectivity index is 1.31. The summed E-state index contributed by atoms with van der Waals surface area (Å²) in [5.41, 5.74) is 3.85. The van der Waals surface area contributed by atoms with Crippen molar-refractivity contribution >= 4 is 38.8 Å². The minimum atomic E-state index is -4.71. The Labute approximate surface area is 237 Å². The van der Waals surface area contributed by atoms with Gasteiger partial charge in [-0.05, 0) is 66.4 Å². The first kappa shape index (κ1) is 26.6. The summed E-state index contributed by atoms with van der Waals surface area (Å²) >= 11 is 1.58. The Hall–Kier alpha value is -4.57. The van der Waals surface area contributed by atoms with Crippen molar-refractivity contribution in [1.29, 1.82) is 0 Å². The number of rotatable bonds is 5. The lowest BCUT2D eigenvalue weighted by Gasteiger charge is -2.12. The van der Waals surface area contributed by atoms with Crippen LogP contribution in [-0.2, 0) is 6.18 Å². The maximum Gasteiger partial charge on any atom is 0.433 e. The zero-order chi connectivity index (χ0) is 28.9. The van der Waals surface area contributed by atoms with E-state index in [9.17, 15) is 18.0 Å². The van der Waals surface area contributed by atoms with Gasteiger partial charge >= 0.3 is 6.18 Å². The number of hydrogen-bond donors (Lipinski definition) is 1. The van der Waals surface area contributed by atoms with Gasteiger partial charge in [-0.15, -0.1) is 11.3 Å². The van der Waals surface area contributed by atoms with Crippen LogP contribution >= 0.6 is 11.3 Å². The van der Waals surface area contributed by atoms with Crippen LogP contribution in [0.5, 0.6) is 0 Å². The molecule has 0 aliphatic heterocycles. The second-order valence-electron chi connectivity index (χ2n) is 10.1. The van der Waals surface area contributed by atoms with Gasteiger partial charge < -0.3 is 5.32 Å². The highest BCUT2D eigenvalue weighted by Gasteiger charge is 2.36. The van der Waals surface area contributed by atoms with Crippen molar-refractivity contribution in [3.63, 3.8) is 0 Å². The number of nitrogens with one attached hydrogen (secondary N) is 1. The monoisotopic (exact) mass is 571 g/mol. The maximum atomic E-state index is 14.0. The van der Waals surface area contributed by atoms with Crippen LogP contribution in [0.25, 0.3) is 37.7 Å². The van der Waals surface area contributed by atoms with Gasteiger partial charge in [0.15, 0.2) is 11.3 Å². The van der Waals surface area contributed by atoms with Gasteiger partial charge in [0.05, 0.1) is 22.1 Å². The van der Waals surface area contributed by atoms with E-state index in [0.29, 0.717) is 15.8 Å². The molecule has 41 heavy (non-hydrogen) atoms. The molecule has 0 saturated heterocycles. The van der Waals surface area contributed by atoms with Crippen LogP contribution in [0.4, 0.5) is 18.9 Å². The summed E-state index contributed by atoms with van der Waals surface area (Å²) in [5.74, 6) is -0.342. The van der Waals surface area contributed by atoms with E-state index in [-0.39, 0.29) is 22.8 Å². The highest BCUT2D eigenvalue weighted by Crippen LogP contribution is 2.34. The number of benzene rings is 3. The van der Waals surface area contributed by atoms with E-state index in [1.165, 1.54) is 0 Å². The summed E-state index contributed by atoms with van der Waals surface area (Å²) in [4.78, 5) is 22.3. The summed E-state index contributed by atoms with van der Waals surface area (Å²) < 4.78 is 43.8. The molecule has 6 aromatic rings. The minimum absolute atomic E-state index is 0.0678. The first-order valence-electron chi connectivity index (χ1n) is 12.9. The highest BCUT2D eigenvalue weighted by molar-refractivity contribution is 7.21. The predicted molar refractivity (Wildman–Crippen MR) is 155 cm³/mol. The molecular weight excluding hydrogens is 547 g/mol. The standard InChI is InChI=1S/C31H24F3N5OS/c1-17(2)19-5-7-20(8-6-19)25-15-27(31(32,33)34)39-28(37-25)23(16-35-39)29(40)36-22-11-9-21(10-12-22)30-38-24-13-4-18(3)14-26(24)41-30/h4-17H,1-3H3,(H,36,40). The van der Waals surface area contributed by atoms with Gasteiger partial charge in [0.2, 0.25) is 0 Å². The number of anilines is 1. The van der Waals surface area contributed by atoms with Crippen molar-refractivity contribution in [1.82, 2.24) is 19.6 Å². The van der Waals surface area contributed by atoms with E-state index in [2.05, 4.69) is 26.4 Å². The summed E-state index contributed by atoms with van der Waals surface area (Å²) in [5, 5.41) is 7.47. The average molecular weight is 572 g/mol. The third kappa shape index (κ3) is 5.18. The predicted octanol–water partition coefficient (Wildman–Crippen LogP) is 8.38. The number of amides is 1. The van der Waals surface area contributed by atoms with Gasteiger partial charge in [-0.3, -0.25) is 4.79 Å². The molecule has 3 heterocycles. The third-order valence-corrected chi connectivity index (χ3v) is 7.88. The topological polar surface area (TPSA) is 72.2 Å². The Kier molecular flexibility index (Phi) is 6.57. The van der Waals surface area contributed by atoms with Gasteiger partial charge in [-0.1, -0.05) is 44.2 Å². The van der Waals surface area contributed by atoms with E-state index in [1.807, 2.05) is 57.2 Å². The molecule has 10 heteroatoms. The van der Waals surface area contributed by atoms with Crippen LogP contribution in [-0.4, -0.2) is 25.5 Å². The second-order valence-corrected chi connectivity index (χ2v) is 11.1. The van der Waals surface area contributed by atoms with Gasteiger partial charge in [0.1, 0.15) is 10.6 Å². The fraction of sp³-hybridized carbons (Fsp3) is 0.161. The number of aryl methyl sites for hydroxylation is 1. The maximum absolute atomic E-state index is 14.0. The van der Waals surface area contributed by atoms with E-state index >= 15 is 0 Å². The number of fused-ring (bicyclic) bond motifs is 2. The van der Waals surface area contributed by atoms with Crippen LogP contribution < -0.4 is 5.32 Å². The largest absolute Gasteiger partial charge is 0.433 e. The smallest absolute Gasteiger partial charge is 0.322 e. The molecule has 0 fully saturated rings. The van der Waals surface area contributed by atoms with Crippen molar-refractivity contribution < 1.29 is 18.0 Å². The van der Waals surface area contributed by atoms with E-state index in [1.54, 1.807) is 35.6 Å². The van der Waals surface area contributed by atoms with Crippen molar-refractivity contribution in [3.8, 4) is 21.8 Å². The zero-order valence-corrected chi connectivity index (χ0v) is 23.1. The van der Waals surface area contributed by atoms with Crippen LogP contribution in [0.1, 0.15) is 46.9 Å². The zero-order valence-electron chi connectivity index (χ0n) is 22.3. The average Bonchev–Trinajstić information content (AvgIpc) is 3.56. The fourth-order valence-electron chi connectivity index (χ4n) is 4.56. The SMILES string of the molecule is Cc1ccc2nc(-c3ccc(NC(=O)c4cnn5c(C(F)(F)F)cc(-c6ccc(C(C)C)cc6)nc45)cc3)sc2c1. The molecule has 6 nitrogen and oxygen atoms in total. The van der Waals surface area contributed by atoms with Gasteiger partial charge in [0, 0.05) is 16.8 Å². The van der Waals surface area contributed by atoms with Crippen molar-refractivity contribution in [2.45, 2.75) is 32.9 Å². The molecule has 0 atom stereocenters. The van der Waals surface area contributed by atoms with Gasteiger partial charge in [0.25, 0.3) is 5.91 Å². The number of carbonyl (C=O) groups is 1. The molecule has 0 aliphatic carbocycles. The van der Waals surface area contributed by atoms with E-state index in [4.69, 9.17) is 0 Å². The number of nitrogens with zero attached hydrogens (tertiary/aromatic N) is 4. The first-order valence-corrected chi connectivity index (χ1v) is 13.7. The fourth-order valence-corrected chi connectivity index (χ4v) is 5.63. The first-order chi connectivity index (χ1) is 19.6. The molecule has 0 aliphatic rings. The lowest BCUT2D eigenvalue weighted by molar-refractivity contribution is -0.142. The molecule has 0 spiro atoms. The summed E-state index contributed by atoms with van der Waals surface area (Å²) in [6.45, 7) is 6.10. The van der Waals surface area contributed by atoms with E-state index < -0.39 is 17.8 Å². The van der Waals surface area contributed by atoms with E-state index in [0.717, 1.165) is 44.2 Å². The molecule has 0 bridgehead atoms. The lowest BCUT2D eigenvalue weighted by Crippen LogP contribution is -2.15. The molecule has 0 unspecified atom stereocenters. The molecule has 1 N–H and O–H groups in total. The van der Waals surface area contributed by atoms with Crippen LogP contribution in [0.15, 0.2) is 79.0 Å². The number of carbonyl (C=O) groups excluding carboxylic acids is 1. The minimum Gasteiger partial charge on any atom is -0.322 e. The Morgan fingerprint density at radius 3 is 2.32 bits per heavy atom. The number of hydrogen-bond acceptors (Lipinski definition) is 5. The second kappa shape index (κ2) is 10.1. The van der Waals surface area contributed by atoms with Gasteiger partial charge in [-0.25, -0.2) is 14.5 Å². The van der Waals surface area contributed by atoms with Crippen molar-refractivity contribution in [2.24, 2.45) is 0 Å². The Bertz CT molecular complexity index is 1910. The Morgan fingerprint density at radius 2 is 1.63 bits per heavy atom. The lowest BCUT2D eigenvalue weighted by atomic mass is 10.0.